The molecule has 0 aliphatic carbocycles. The van der Waals surface area contributed by atoms with Crippen LogP contribution in [0.2, 0.25) is 4.34 Å². The standard InChI is InChI=1S/C17H17ClF3N3O4S2/c18-14-5-6-16(29-14)30(26,27)24-9-7-23(8-10-24)11-15(25)22-12-1-3-13(4-2-12)28-17(19,20)21/h1-6H,7-11H2,(H,22,25). The maximum absolute atomic E-state index is 12.6. The number of benzene rings is 1. The van der Waals surface area contributed by atoms with E-state index in [1.807, 2.05) is 0 Å². The highest BCUT2D eigenvalue weighted by Crippen LogP contribution is 2.28. The second-order valence-corrected chi connectivity index (χ2v) is 10.2. The van der Waals surface area contributed by atoms with Crippen molar-refractivity contribution in [3.8, 4) is 5.75 Å². The molecule has 1 amide bonds. The third-order valence-corrected chi connectivity index (χ3v) is 7.81. The number of thiophene rings is 1. The number of ether oxygens (including phenoxy) is 1. The number of sulfonamides is 1. The molecule has 0 atom stereocenters. The lowest BCUT2D eigenvalue weighted by atomic mass is 10.3. The zero-order chi connectivity index (χ0) is 21.9. The van der Waals surface area contributed by atoms with Crippen LogP contribution in [-0.2, 0) is 14.8 Å². The van der Waals surface area contributed by atoms with Gasteiger partial charge in [-0.05, 0) is 36.4 Å². The van der Waals surface area contributed by atoms with Crippen LogP contribution in [0, 0.1) is 0 Å². The molecule has 1 aliphatic rings. The van der Waals surface area contributed by atoms with Crippen molar-refractivity contribution in [3.05, 3.63) is 40.7 Å². The summed E-state index contributed by atoms with van der Waals surface area (Å²) in [5.74, 6) is -0.745. The second kappa shape index (κ2) is 9.10. The molecule has 1 fully saturated rings. The molecule has 0 unspecified atom stereocenters. The van der Waals surface area contributed by atoms with E-state index in [0.717, 1.165) is 23.5 Å². The highest BCUT2D eigenvalue weighted by atomic mass is 35.5. The third kappa shape index (κ3) is 6.08. The number of carbonyl (C=O) groups excluding carboxylic acids is 1. The summed E-state index contributed by atoms with van der Waals surface area (Å²) in [5.41, 5.74) is 0.324. The van der Waals surface area contributed by atoms with E-state index in [2.05, 4.69) is 10.1 Å². The van der Waals surface area contributed by atoms with E-state index >= 15 is 0 Å². The zero-order valence-electron chi connectivity index (χ0n) is 15.4. The van der Waals surface area contributed by atoms with E-state index in [9.17, 15) is 26.4 Å². The Morgan fingerprint density at radius 1 is 1.10 bits per heavy atom. The largest absolute Gasteiger partial charge is 0.573 e. The van der Waals surface area contributed by atoms with Crippen molar-refractivity contribution in [2.75, 3.05) is 38.0 Å². The Kier molecular flexibility index (Phi) is 6.92. The number of halogens is 4. The molecule has 1 aromatic carbocycles. The summed E-state index contributed by atoms with van der Waals surface area (Å²) >= 11 is 6.81. The van der Waals surface area contributed by atoms with Gasteiger partial charge in [0.05, 0.1) is 10.9 Å². The van der Waals surface area contributed by atoms with E-state index in [0.29, 0.717) is 23.1 Å². The van der Waals surface area contributed by atoms with Crippen LogP contribution >= 0.6 is 22.9 Å². The van der Waals surface area contributed by atoms with Crippen LogP contribution in [0.4, 0.5) is 18.9 Å². The normalized spacial score (nSPS) is 16.4. The predicted molar refractivity (Wildman–Crippen MR) is 106 cm³/mol. The Morgan fingerprint density at radius 3 is 2.27 bits per heavy atom. The number of amides is 1. The fourth-order valence-electron chi connectivity index (χ4n) is 2.84. The van der Waals surface area contributed by atoms with Crippen LogP contribution in [0.5, 0.6) is 5.75 Å². The molecule has 0 spiro atoms. The van der Waals surface area contributed by atoms with Gasteiger partial charge in [-0.25, -0.2) is 8.42 Å². The van der Waals surface area contributed by atoms with E-state index in [-0.39, 0.29) is 35.5 Å². The van der Waals surface area contributed by atoms with Gasteiger partial charge in [0.15, 0.2) is 0 Å². The molecule has 13 heteroatoms. The summed E-state index contributed by atoms with van der Waals surface area (Å²) in [6.45, 7) is 1.22. The van der Waals surface area contributed by atoms with E-state index in [4.69, 9.17) is 11.6 Å². The van der Waals surface area contributed by atoms with Crippen molar-refractivity contribution in [1.29, 1.82) is 0 Å². The lowest BCUT2D eigenvalue weighted by molar-refractivity contribution is -0.274. The lowest BCUT2D eigenvalue weighted by Gasteiger charge is -2.33. The second-order valence-electron chi connectivity index (χ2n) is 6.36. The molecule has 3 rings (SSSR count). The molecule has 2 heterocycles. The quantitative estimate of drug-likeness (QED) is 0.682. The maximum atomic E-state index is 12.6. The molecule has 0 bridgehead atoms. The highest BCUT2D eigenvalue weighted by Gasteiger charge is 2.31. The van der Waals surface area contributed by atoms with Crippen molar-refractivity contribution in [1.82, 2.24) is 9.21 Å². The van der Waals surface area contributed by atoms with E-state index < -0.39 is 16.4 Å². The first kappa shape index (κ1) is 22.8. The Balaban J connectivity index is 1.48. The number of alkyl halides is 3. The minimum Gasteiger partial charge on any atom is -0.406 e. The topological polar surface area (TPSA) is 79.0 Å². The minimum absolute atomic E-state index is 0.0273. The summed E-state index contributed by atoms with van der Waals surface area (Å²) in [6, 6.07) is 7.80. The van der Waals surface area contributed by atoms with Crippen molar-refractivity contribution in [3.63, 3.8) is 0 Å². The van der Waals surface area contributed by atoms with Gasteiger partial charge in [0, 0.05) is 31.9 Å². The summed E-state index contributed by atoms with van der Waals surface area (Å²) in [6.07, 6.45) is -4.78. The fourth-order valence-corrected chi connectivity index (χ4v) is 5.89. The SMILES string of the molecule is O=C(CN1CCN(S(=O)(=O)c2ccc(Cl)s2)CC1)Nc1ccc(OC(F)(F)F)cc1. The molecule has 1 saturated heterocycles. The summed E-state index contributed by atoms with van der Waals surface area (Å²) < 4.78 is 67.4. The molecule has 0 saturated carbocycles. The Labute approximate surface area is 180 Å². The molecule has 1 aliphatic heterocycles. The third-order valence-electron chi connectivity index (χ3n) is 4.21. The molecular weight excluding hydrogens is 467 g/mol. The van der Waals surface area contributed by atoms with Gasteiger partial charge >= 0.3 is 6.36 Å². The van der Waals surface area contributed by atoms with Gasteiger partial charge in [-0.2, -0.15) is 4.31 Å². The average molecular weight is 484 g/mol. The van der Waals surface area contributed by atoms with Gasteiger partial charge in [0.1, 0.15) is 9.96 Å². The first-order valence-electron chi connectivity index (χ1n) is 8.66. The summed E-state index contributed by atoms with van der Waals surface area (Å²) in [4.78, 5) is 14.0. The smallest absolute Gasteiger partial charge is 0.406 e. The molecule has 7 nitrogen and oxygen atoms in total. The highest BCUT2D eigenvalue weighted by molar-refractivity contribution is 7.91. The number of rotatable bonds is 6. The number of nitrogens with zero attached hydrogens (tertiary/aromatic N) is 2. The maximum Gasteiger partial charge on any atom is 0.573 e. The first-order chi connectivity index (χ1) is 14.0. The average Bonchev–Trinajstić information content (AvgIpc) is 3.10. The molecule has 1 N–H and O–H groups in total. The Morgan fingerprint density at radius 2 is 1.73 bits per heavy atom. The van der Waals surface area contributed by atoms with Crippen molar-refractivity contribution >= 4 is 44.6 Å². The van der Waals surface area contributed by atoms with Gasteiger partial charge in [0.25, 0.3) is 10.0 Å². The molecular formula is C17H17ClF3N3O4S2. The summed E-state index contributed by atoms with van der Waals surface area (Å²) in [7, 11) is -3.61. The number of carbonyl (C=O) groups is 1. The Hall–Kier alpha value is -1.86. The predicted octanol–water partition coefficient (Wildman–Crippen LogP) is 3.25. The molecule has 30 heavy (non-hydrogen) atoms. The number of anilines is 1. The van der Waals surface area contributed by atoms with E-state index in [1.54, 1.807) is 4.90 Å². The van der Waals surface area contributed by atoms with Gasteiger partial charge in [0.2, 0.25) is 5.91 Å². The number of hydrogen-bond donors (Lipinski definition) is 1. The van der Waals surface area contributed by atoms with Crippen molar-refractivity contribution in [2.45, 2.75) is 10.6 Å². The van der Waals surface area contributed by atoms with Crippen LogP contribution in [0.1, 0.15) is 0 Å². The van der Waals surface area contributed by atoms with Gasteiger partial charge < -0.3 is 10.1 Å². The molecule has 164 valence electrons. The van der Waals surface area contributed by atoms with Crippen LogP contribution in [-0.4, -0.2) is 62.6 Å². The monoisotopic (exact) mass is 483 g/mol. The first-order valence-corrected chi connectivity index (χ1v) is 11.3. The van der Waals surface area contributed by atoms with Crippen LogP contribution < -0.4 is 10.1 Å². The molecule has 1 aromatic heterocycles. The minimum atomic E-state index is -4.78. The van der Waals surface area contributed by atoms with Gasteiger partial charge in [-0.3, -0.25) is 9.69 Å². The molecule has 2 aromatic rings. The number of piperazine rings is 1. The Bertz CT molecular complexity index is 988. The van der Waals surface area contributed by atoms with Crippen LogP contribution in [0.3, 0.4) is 0 Å². The number of nitrogens with one attached hydrogen (secondary N) is 1. The van der Waals surface area contributed by atoms with Crippen LogP contribution in [0.25, 0.3) is 0 Å². The van der Waals surface area contributed by atoms with Crippen molar-refractivity contribution in [2.24, 2.45) is 0 Å². The zero-order valence-corrected chi connectivity index (χ0v) is 17.7. The molecule has 0 radical (unpaired) electrons. The van der Waals surface area contributed by atoms with E-state index in [1.165, 1.54) is 28.6 Å². The van der Waals surface area contributed by atoms with Gasteiger partial charge in [-0.1, -0.05) is 11.6 Å². The lowest BCUT2D eigenvalue weighted by Crippen LogP contribution is -2.50. The fraction of sp³-hybridized carbons (Fsp3) is 0.353. The van der Waals surface area contributed by atoms with Gasteiger partial charge in [-0.15, -0.1) is 24.5 Å². The van der Waals surface area contributed by atoms with Crippen LogP contribution in [0.15, 0.2) is 40.6 Å². The summed E-state index contributed by atoms with van der Waals surface area (Å²) in [5, 5.41) is 2.59. The number of hydrogen-bond acceptors (Lipinski definition) is 6. The van der Waals surface area contributed by atoms with Crippen molar-refractivity contribution < 1.29 is 31.1 Å².